The SMILES string of the molecule is O=C(NC1CN(C(C(=O)O)c2ccc(OC(=O)c3ccccc3)cc2)C1=O)/C(=N/OC(=O)c1ccccc1)c1ccccc1. The van der Waals surface area contributed by atoms with Gasteiger partial charge in [0.1, 0.15) is 11.8 Å². The number of aliphatic carboxylic acids is 1. The molecule has 0 radical (unpaired) electrons. The van der Waals surface area contributed by atoms with Crippen molar-refractivity contribution in [1.29, 1.82) is 0 Å². The predicted molar refractivity (Wildman–Crippen MR) is 157 cm³/mol. The number of hydrogen-bond donors (Lipinski definition) is 2. The third kappa shape index (κ3) is 6.68. The Hall–Kier alpha value is -6.10. The first-order chi connectivity index (χ1) is 21.3. The molecule has 0 aromatic heterocycles. The number of esters is 1. The summed E-state index contributed by atoms with van der Waals surface area (Å²) in [7, 11) is 0. The van der Waals surface area contributed by atoms with Gasteiger partial charge in [0.2, 0.25) is 5.91 Å². The summed E-state index contributed by atoms with van der Waals surface area (Å²) in [5.74, 6) is -3.84. The number of carbonyl (C=O) groups excluding carboxylic acids is 4. The Morgan fingerprint density at radius 2 is 1.27 bits per heavy atom. The molecule has 0 aliphatic carbocycles. The zero-order valence-corrected chi connectivity index (χ0v) is 23.0. The summed E-state index contributed by atoms with van der Waals surface area (Å²) in [5.41, 5.74) is 0.960. The van der Waals surface area contributed by atoms with Crippen LogP contribution in [0.1, 0.15) is 37.9 Å². The molecule has 2 unspecified atom stereocenters. The summed E-state index contributed by atoms with van der Waals surface area (Å²) in [6, 6.07) is 28.1. The second kappa shape index (κ2) is 13.3. The van der Waals surface area contributed by atoms with Gasteiger partial charge in [0, 0.05) is 5.56 Å². The topological polar surface area (TPSA) is 152 Å². The van der Waals surface area contributed by atoms with Gasteiger partial charge in [-0.3, -0.25) is 9.59 Å². The van der Waals surface area contributed by atoms with E-state index in [9.17, 15) is 29.1 Å². The summed E-state index contributed by atoms with van der Waals surface area (Å²) in [5, 5.41) is 16.3. The number of nitrogens with zero attached hydrogens (tertiary/aromatic N) is 2. The van der Waals surface area contributed by atoms with Crippen molar-refractivity contribution in [2.75, 3.05) is 6.54 Å². The van der Waals surface area contributed by atoms with E-state index in [0.29, 0.717) is 11.1 Å². The number of amides is 2. The van der Waals surface area contributed by atoms with Gasteiger partial charge in [-0.05, 0) is 42.0 Å². The highest BCUT2D eigenvalue weighted by Gasteiger charge is 2.45. The molecular weight excluding hydrogens is 566 g/mol. The number of ether oxygens (including phenoxy) is 1. The standard InChI is InChI=1S/C33H25N3O8/c37-29(27(21-10-4-1-5-11-21)35-44-33(42)24-14-8-3-9-15-24)34-26-20-36(30(26)38)28(31(39)40)22-16-18-25(19-17-22)43-32(41)23-12-6-2-7-13-23/h1-19,26,28H,20H2,(H,34,37)(H,39,40)/b35-27+. The van der Waals surface area contributed by atoms with Crippen LogP contribution in [-0.4, -0.2) is 58.0 Å². The van der Waals surface area contributed by atoms with Gasteiger partial charge >= 0.3 is 17.9 Å². The minimum Gasteiger partial charge on any atom is -0.479 e. The van der Waals surface area contributed by atoms with Gasteiger partial charge < -0.3 is 24.9 Å². The maximum atomic E-state index is 13.2. The molecule has 1 saturated heterocycles. The number of carboxylic acid groups (broad SMARTS) is 1. The number of β-lactam (4-membered cyclic amide) rings is 1. The van der Waals surface area contributed by atoms with Gasteiger partial charge in [-0.1, -0.05) is 84.0 Å². The van der Waals surface area contributed by atoms with E-state index in [1.807, 2.05) is 0 Å². The van der Waals surface area contributed by atoms with Crippen molar-refractivity contribution in [3.8, 4) is 5.75 Å². The maximum Gasteiger partial charge on any atom is 0.365 e. The number of carbonyl (C=O) groups is 5. The van der Waals surface area contributed by atoms with Crippen LogP contribution >= 0.6 is 0 Å². The van der Waals surface area contributed by atoms with Gasteiger partial charge in [-0.25, -0.2) is 14.4 Å². The molecule has 220 valence electrons. The Kier molecular flexibility index (Phi) is 8.85. The minimum atomic E-state index is -1.34. The third-order valence-electron chi connectivity index (χ3n) is 6.72. The smallest absolute Gasteiger partial charge is 0.365 e. The molecule has 1 aliphatic heterocycles. The summed E-state index contributed by atoms with van der Waals surface area (Å²) in [6.45, 7) is -0.0991. The number of nitrogens with one attached hydrogen (secondary N) is 1. The van der Waals surface area contributed by atoms with Crippen molar-refractivity contribution in [2.45, 2.75) is 12.1 Å². The predicted octanol–water partition coefficient (Wildman–Crippen LogP) is 3.62. The molecule has 2 N–H and O–H groups in total. The van der Waals surface area contributed by atoms with Crippen LogP contribution in [0.25, 0.3) is 0 Å². The molecule has 4 aromatic carbocycles. The highest BCUT2D eigenvalue weighted by molar-refractivity contribution is 6.45. The third-order valence-corrected chi connectivity index (χ3v) is 6.72. The van der Waals surface area contributed by atoms with Crippen LogP contribution in [0.5, 0.6) is 5.75 Å². The van der Waals surface area contributed by atoms with Gasteiger partial charge in [-0.15, -0.1) is 0 Å². The molecule has 2 amide bonds. The van der Waals surface area contributed by atoms with Crippen molar-refractivity contribution in [3.63, 3.8) is 0 Å². The van der Waals surface area contributed by atoms with Gasteiger partial charge in [0.25, 0.3) is 5.91 Å². The fourth-order valence-corrected chi connectivity index (χ4v) is 4.47. The fourth-order valence-electron chi connectivity index (χ4n) is 4.47. The van der Waals surface area contributed by atoms with Crippen LogP contribution in [-0.2, 0) is 19.2 Å². The summed E-state index contributed by atoms with van der Waals surface area (Å²) >= 11 is 0. The highest BCUT2D eigenvalue weighted by atomic mass is 16.7. The molecule has 0 bridgehead atoms. The Labute approximate surface area is 251 Å². The summed E-state index contributed by atoms with van der Waals surface area (Å²) < 4.78 is 5.34. The molecule has 1 heterocycles. The molecule has 1 aliphatic rings. The zero-order valence-electron chi connectivity index (χ0n) is 23.0. The first-order valence-electron chi connectivity index (χ1n) is 13.4. The fraction of sp³-hybridized carbons (Fsp3) is 0.0909. The van der Waals surface area contributed by atoms with E-state index in [1.165, 1.54) is 36.4 Å². The van der Waals surface area contributed by atoms with Crippen LogP contribution < -0.4 is 10.1 Å². The molecule has 4 aromatic rings. The van der Waals surface area contributed by atoms with E-state index in [0.717, 1.165) is 4.90 Å². The van der Waals surface area contributed by atoms with E-state index in [4.69, 9.17) is 9.57 Å². The number of benzene rings is 4. The number of carboxylic acids is 1. The van der Waals surface area contributed by atoms with Gasteiger partial charge in [0.15, 0.2) is 11.8 Å². The van der Waals surface area contributed by atoms with E-state index in [2.05, 4.69) is 10.5 Å². The Bertz CT molecular complexity index is 1710. The molecule has 0 spiro atoms. The highest BCUT2D eigenvalue weighted by Crippen LogP contribution is 2.29. The van der Waals surface area contributed by atoms with Crippen LogP contribution in [0.2, 0.25) is 0 Å². The second-order valence-corrected chi connectivity index (χ2v) is 9.63. The normalized spacial score (nSPS) is 15.0. The average molecular weight is 592 g/mol. The number of rotatable bonds is 10. The minimum absolute atomic E-state index is 0.0991. The summed E-state index contributed by atoms with van der Waals surface area (Å²) in [4.78, 5) is 69.3. The monoisotopic (exact) mass is 591 g/mol. The lowest BCUT2D eigenvalue weighted by Crippen LogP contribution is -2.66. The van der Waals surface area contributed by atoms with Gasteiger partial charge in [-0.2, -0.15) is 0 Å². The number of oxime groups is 1. The van der Waals surface area contributed by atoms with Crippen LogP contribution in [0.15, 0.2) is 120 Å². The van der Waals surface area contributed by atoms with Crippen LogP contribution in [0, 0.1) is 0 Å². The van der Waals surface area contributed by atoms with Crippen LogP contribution in [0.4, 0.5) is 0 Å². The number of hydrogen-bond acceptors (Lipinski definition) is 8. The van der Waals surface area contributed by atoms with Gasteiger partial charge in [0.05, 0.1) is 17.7 Å². The van der Waals surface area contributed by atoms with E-state index < -0.39 is 41.8 Å². The van der Waals surface area contributed by atoms with Crippen molar-refractivity contribution >= 4 is 35.4 Å². The molecule has 5 rings (SSSR count). The average Bonchev–Trinajstić information content (AvgIpc) is 3.05. The molecule has 11 nitrogen and oxygen atoms in total. The zero-order chi connectivity index (χ0) is 31.1. The number of likely N-dealkylation sites (tertiary alicyclic amines) is 1. The Morgan fingerprint density at radius 3 is 1.80 bits per heavy atom. The lowest BCUT2D eigenvalue weighted by Gasteiger charge is -2.42. The van der Waals surface area contributed by atoms with Crippen molar-refractivity contribution < 1.29 is 38.7 Å². The maximum absolute atomic E-state index is 13.2. The largest absolute Gasteiger partial charge is 0.479 e. The van der Waals surface area contributed by atoms with E-state index >= 15 is 0 Å². The molecular formula is C33H25N3O8. The quantitative estimate of drug-likeness (QED) is 0.0709. The molecule has 1 fully saturated rings. The first kappa shape index (κ1) is 29.4. The van der Waals surface area contributed by atoms with Crippen molar-refractivity contribution in [3.05, 3.63) is 138 Å². The van der Waals surface area contributed by atoms with Crippen LogP contribution in [0.3, 0.4) is 0 Å². The lowest BCUT2D eigenvalue weighted by molar-refractivity contribution is -0.160. The summed E-state index contributed by atoms with van der Waals surface area (Å²) in [6.07, 6.45) is 0. The lowest BCUT2D eigenvalue weighted by atomic mass is 9.97. The van der Waals surface area contributed by atoms with E-state index in [1.54, 1.807) is 78.9 Å². The molecule has 2 atom stereocenters. The Balaban J connectivity index is 1.25. The molecule has 44 heavy (non-hydrogen) atoms. The second-order valence-electron chi connectivity index (χ2n) is 9.63. The molecule has 0 saturated carbocycles. The Morgan fingerprint density at radius 1 is 0.750 bits per heavy atom. The molecule has 11 heteroatoms. The van der Waals surface area contributed by atoms with E-state index in [-0.39, 0.29) is 29.1 Å². The first-order valence-corrected chi connectivity index (χ1v) is 13.4. The van der Waals surface area contributed by atoms with Crippen molar-refractivity contribution in [1.82, 2.24) is 10.2 Å². The van der Waals surface area contributed by atoms with Crippen molar-refractivity contribution in [2.24, 2.45) is 5.16 Å².